The molecule has 0 atom stereocenters. The van der Waals surface area contributed by atoms with Crippen LogP contribution in [0, 0.1) is 0 Å². The molecule has 2 heterocycles. The summed E-state index contributed by atoms with van der Waals surface area (Å²) >= 11 is 0. The maximum atomic E-state index is 13.1. The number of benzene rings is 1. The van der Waals surface area contributed by atoms with E-state index in [9.17, 15) is 9.59 Å². The van der Waals surface area contributed by atoms with Crippen LogP contribution in [-0.4, -0.2) is 37.4 Å². The summed E-state index contributed by atoms with van der Waals surface area (Å²) in [6, 6.07) is 7.77. The molecule has 1 aromatic carbocycles. The Labute approximate surface area is 186 Å². The van der Waals surface area contributed by atoms with Gasteiger partial charge in [-0.25, -0.2) is 9.78 Å². The number of rotatable bonds is 10. The van der Waals surface area contributed by atoms with Crippen LogP contribution < -0.4 is 16.0 Å². The lowest BCUT2D eigenvalue weighted by molar-refractivity contribution is 0.201. The van der Waals surface area contributed by atoms with Crippen molar-refractivity contribution in [3.8, 4) is 5.75 Å². The predicted octanol–water partition coefficient (Wildman–Crippen LogP) is 2.96. The highest BCUT2D eigenvalue weighted by molar-refractivity contribution is 5.70. The van der Waals surface area contributed by atoms with Crippen LogP contribution in [-0.2, 0) is 19.5 Å². The summed E-state index contributed by atoms with van der Waals surface area (Å²) in [5, 5.41) is 8.86. The summed E-state index contributed by atoms with van der Waals surface area (Å²) < 4.78 is 8.41. The van der Waals surface area contributed by atoms with Crippen molar-refractivity contribution in [1.29, 1.82) is 0 Å². The Morgan fingerprint density at radius 3 is 2.56 bits per heavy atom. The zero-order valence-corrected chi connectivity index (χ0v) is 18.7. The third-order valence-electron chi connectivity index (χ3n) is 6.20. The molecule has 3 aromatic rings. The van der Waals surface area contributed by atoms with E-state index >= 15 is 0 Å². The minimum Gasteiger partial charge on any atom is -0.491 e. The molecule has 1 saturated carbocycles. The van der Waals surface area contributed by atoms with Crippen LogP contribution in [0.5, 0.6) is 5.75 Å². The van der Waals surface area contributed by atoms with Gasteiger partial charge in [-0.1, -0.05) is 31.9 Å². The third kappa shape index (κ3) is 4.65. The van der Waals surface area contributed by atoms with Crippen LogP contribution >= 0.6 is 0 Å². The quantitative estimate of drug-likeness (QED) is 0.505. The Bertz CT molecular complexity index is 1150. The number of hydrogen-bond acceptors (Lipinski definition) is 5. The summed E-state index contributed by atoms with van der Waals surface area (Å²) in [7, 11) is 0. The van der Waals surface area contributed by atoms with Gasteiger partial charge in [0.15, 0.2) is 5.65 Å². The van der Waals surface area contributed by atoms with Crippen molar-refractivity contribution in [1.82, 2.24) is 19.1 Å². The molecule has 1 aliphatic rings. The van der Waals surface area contributed by atoms with Gasteiger partial charge in [0.1, 0.15) is 23.7 Å². The lowest BCUT2D eigenvalue weighted by atomic mass is 10.1. The zero-order chi connectivity index (χ0) is 22.5. The summed E-state index contributed by atoms with van der Waals surface area (Å²) in [6.07, 6.45) is 6.77. The fourth-order valence-electron chi connectivity index (χ4n) is 4.56. The number of imidazole rings is 1. The lowest BCUT2D eigenvalue weighted by Crippen LogP contribution is -2.40. The van der Waals surface area contributed by atoms with Crippen molar-refractivity contribution >= 4 is 11.2 Å². The summed E-state index contributed by atoms with van der Waals surface area (Å²) in [4.78, 5) is 34.1. The molecule has 0 saturated heterocycles. The number of aryl methyl sites for hydroxylation is 2. The van der Waals surface area contributed by atoms with Crippen LogP contribution in [0.2, 0.25) is 0 Å². The normalized spacial score (nSPS) is 14.4. The fourth-order valence-corrected chi connectivity index (χ4v) is 4.56. The molecule has 0 radical (unpaired) electrons. The number of aromatic amines is 1. The number of fused-ring (bicyclic) bond motifs is 1. The Morgan fingerprint density at radius 2 is 1.88 bits per heavy atom. The molecule has 0 amide bonds. The summed E-state index contributed by atoms with van der Waals surface area (Å²) in [6.45, 7) is 3.13. The van der Waals surface area contributed by atoms with E-state index in [2.05, 4.69) is 4.98 Å². The smallest absolute Gasteiger partial charge is 0.332 e. The van der Waals surface area contributed by atoms with Gasteiger partial charge in [-0.3, -0.25) is 13.9 Å². The van der Waals surface area contributed by atoms with Crippen LogP contribution in [0.25, 0.3) is 11.2 Å². The molecule has 4 rings (SSSR count). The topological polar surface area (TPSA) is 102 Å². The highest BCUT2D eigenvalue weighted by Gasteiger charge is 2.23. The molecular weight excluding hydrogens is 408 g/mol. The number of aliphatic hydroxyl groups excluding tert-OH is 1. The van der Waals surface area contributed by atoms with Crippen molar-refractivity contribution in [3.63, 3.8) is 0 Å². The van der Waals surface area contributed by atoms with Crippen molar-refractivity contribution < 1.29 is 9.84 Å². The minimum atomic E-state index is -0.276. The Balaban J connectivity index is 1.57. The molecule has 0 unspecified atom stereocenters. The molecule has 8 nitrogen and oxygen atoms in total. The van der Waals surface area contributed by atoms with E-state index in [0.29, 0.717) is 30.2 Å². The highest BCUT2D eigenvalue weighted by Crippen LogP contribution is 2.32. The first-order valence-electron chi connectivity index (χ1n) is 11.7. The largest absolute Gasteiger partial charge is 0.491 e. The molecule has 2 aromatic heterocycles. The molecule has 32 heavy (non-hydrogen) atoms. The third-order valence-corrected chi connectivity index (χ3v) is 6.20. The summed E-state index contributed by atoms with van der Waals surface area (Å²) in [5.41, 5.74) is 1.54. The van der Waals surface area contributed by atoms with Gasteiger partial charge in [0.25, 0.3) is 5.56 Å². The van der Waals surface area contributed by atoms with Crippen molar-refractivity contribution in [2.45, 2.75) is 70.9 Å². The number of nitrogens with zero attached hydrogens (tertiary/aromatic N) is 3. The number of ether oxygens (including phenoxy) is 1. The Kier molecular flexibility index (Phi) is 7.09. The second-order valence-corrected chi connectivity index (χ2v) is 8.51. The van der Waals surface area contributed by atoms with E-state index in [-0.39, 0.29) is 24.5 Å². The van der Waals surface area contributed by atoms with Crippen LogP contribution in [0.4, 0.5) is 0 Å². The zero-order valence-electron chi connectivity index (χ0n) is 18.7. The standard InChI is InChI=1S/C24H32N4O4/c1-2-13-28-23(30)20-22(26-21(25-20)18-7-3-4-8-18)27(24(28)31)14-5-6-17-9-11-19(12-10-17)32-16-15-29/h9-12,18,29H,2-8,13-16H2,1H3,(H,25,26). The van der Waals surface area contributed by atoms with E-state index in [0.717, 1.165) is 49.2 Å². The molecule has 8 heteroatoms. The first-order valence-corrected chi connectivity index (χ1v) is 11.7. The average Bonchev–Trinajstić information content (AvgIpc) is 3.48. The van der Waals surface area contributed by atoms with Crippen molar-refractivity contribution in [2.75, 3.05) is 13.2 Å². The second-order valence-electron chi connectivity index (χ2n) is 8.51. The number of hydrogen-bond donors (Lipinski definition) is 2. The van der Waals surface area contributed by atoms with Gasteiger partial charge in [-0.15, -0.1) is 0 Å². The minimum absolute atomic E-state index is 0.0131. The van der Waals surface area contributed by atoms with Crippen molar-refractivity contribution in [3.05, 3.63) is 56.5 Å². The monoisotopic (exact) mass is 440 g/mol. The van der Waals surface area contributed by atoms with E-state index in [1.807, 2.05) is 31.2 Å². The molecule has 0 spiro atoms. The first kappa shape index (κ1) is 22.3. The molecule has 2 N–H and O–H groups in total. The summed E-state index contributed by atoms with van der Waals surface area (Å²) in [5.74, 6) is 1.91. The Hall–Kier alpha value is -2.87. The highest BCUT2D eigenvalue weighted by atomic mass is 16.5. The van der Waals surface area contributed by atoms with Gasteiger partial charge in [0, 0.05) is 19.0 Å². The predicted molar refractivity (Wildman–Crippen MR) is 123 cm³/mol. The van der Waals surface area contributed by atoms with Crippen LogP contribution in [0.1, 0.15) is 62.8 Å². The maximum Gasteiger partial charge on any atom is 0.332 e. The number of H-pyrrole nitrogens is 1. The molecule has 0 aliphatic heterocycles. The number of aliphatic hydroxyl groups is 1. The van der Waals surface area contributed by atoms with Gasteiger partial charge in [0.2, 0.25) is 0 Å². The molecule has 1 aliphatic carbocycles. The molecule has 172 valence electrons. The van der Waals surface area contributed by atoms with E-state index in [1.54, 1.807) is 4.57 Å². The fraction of sp³-hybridized carbons (Fsp3) is 0.542. The lowest BCUT2D eigenvalue weighted by Gasteiger charge is -2.11. The first-order chi connectivity index (χ1) is 15.6. The van der Waals surface area contributed by atoms with Crippen LogP contribution in [0.15, 0.2) is 33.9 Å². The number of aromatic nitrogens is 4. The van der Waals surface area contributed by atoms with Gasteiger partial charge in [-0.05, 0) is 49.8 Å². The number of nitrogens with one attached hydrogen (secondary N) is 1. The molecular formula is C24H32N4O4. The van der Waals surface area contributed by atoms with Gasteiger partial charge in [0.05, 0.1) is 6.61 Å². The van der Waals surface area contributed by atoms with Crippen LogP contribution in [0.3, 0.4) is 0 Å². The molecule has 0 bridgehead atoms. The van der Waals surface area contributed by atoms with E-state index < -0.39 is 0 Å². The van der Waals surface area contributed by atoms with E-state index in [1.165, 1.54) is 17.4 Å². The SMILES string of the molecule is CCCn1c(=O)c2[nH]c(C3CCCC3)nc2n(CCCc2ccc(OCCO)cc2)c1=O. The maximum absolute atomic E-state index is 13.1. The Morgan fingerprint density at radius 1 is 1.12 bits per heavy atom. The average molecular weight is 441 g/mol. The van der Waals surface area contributed by atoms with Gasteiger partial charge >= 0.3 is 5.69 Å². The van der Waals surface area contributed by atoms with Gasteiger partial charge in [-0.2, -0.15) is 0 Å². The van der Waals surface area contributed by atoms with Crippen molar-refractivity contribution in [2.24, 2.45) is 0 Å². The van der Waals surface area contributed by atoms with E-state index in [4.69, 9.17) is 14.8 Å². The second kappa shape index (κ2) is 10.2. The van der Waals surface area contributed by atoms with Gasteiger partial charge < -0.3 is 14.8 Å². The molecule has 1 fully saturated rings.